The lowest BCUT2D eigenvalue weighted by atomic mass is 10.1. The first-order valence-corrected chi connectivity index (χ1v) is 8.13. The van der Waals surface area contributed by atoms with Crippen LogP contribution in [0.2, 0.25) is 0 Å². The van der Waals surface area contributed by atoms with E-state index in [9.17, 15) is 30.3 Å². The van der Waals surface area contributed by atoms with E-state index in [4.69, 9.17) is 0 Å². The summed E-state index contributed by atoms with van der Waals surface area (Å²) in [7, 11) is 0. The van der Waals surface area contributed by atoms with Crippen molar-refractivity contribution in [3.63, 3.8) is 0 Å². The predicted octanol–water partition coefficient (Wildman–Crippen LogP) is 3.41. The summed E-state index contributed by atoms with van der Waals surface area (Å²) < 4.78 is 0. The van der Waals surface area contributed by atoms with Crippen molar-refractivity contribution in [2.24, 2.45) is 5.10 Å². The third-order valence-corrected chi connectivity index (χ3v) is 4.47. The number of hydrazone groups is 1. The van der Waals surface area contributed by atoms with Crippen LogP contribution in [0, 0.1) is 30.3 Å². The van der Waals surface area contributed by atoms with Crippen molar-refractivity contribution in [3.8, 4) is 0 Å². The summed E-state index contributed by atoms with van der Waals surface area (Å²) in [6.45, 7) is 0. The molecule has 0 atom stereocenters. The molecule has 1 aliphatic heterocycles. The number of rotatable bonds is 5. The maximum atomic E-state index is 11.2. The first kappa shape index (κ1) is 18.0. The van der Waals surface area contributed by atoms with Crippen LogP contribution in [0.25, 0.3) is 5.70 Å². The van der Waals surface area contributed by atoms with Crippen molar-refractivity contribution < 1.29 is 14.8 Å². The van der Waals surface area contributed by atoms with Crippen LogP contribution >= 0.6 is 11.8 Å². The summed E-state index contributed by atoms with van der Waals surface area (Å²) in [6, 6.07) is 9.11. The molecule has 27 heavy (non-hydrogen) atoms. The van der Waals surface area contributed by atoms with E-state index in [-0.39, 0.29) is 16.9 Å². The number of nitro benzene ring substituents is 3. The summed E-state index contributed by atoms with van der Waals surface area (Å²) in [4.78, 5) is 30.8. The molecule has 0 saturated heterocycles. The number of thioether (sulfide) groups is 1. The fraction of sp³-hybridized carbons (Fsp3) is 0. The number of non-ortho nitro benzene ring substituents is 2. The first-order valence-electron chi connectivity index (χ1n) is 7.25. The van der Waals surface area contributed by atoms with E-state index in [2.05, 4.69) is 10.5 Å². The van der Waals surface area contributed by atoms with Gasteiger partial charge in [0, 0.05) is 29.2 Å². The summed E-state index contributed by atoms with van der Waals surface area (Å²) in [5, 5.41) is 39.0. The second kappa shape index (κ2) is 7.21. The van der Waals surface area contributed by atoms with Crippen molar-refractivity contribution in [1.29, 1.82) is 0 Å². The Morgan fingerprint density at radius 2 is 1.48 bits per heavy atom. The molecule has 2 aromatic carbocycles. The molecular weight excluding hydrogens is 378 g/mol. The fourth-order valence-electron chi connectivity index (χ4n) is 2.27. The molecule has 0 aromatic heterocycles. The van der Waals surface area contributed by atoms with Crippen LogP contribution in [0.4, 0.5) is 17.1 Å². The highest BCUT2D eigenvalue weighted by Crippen LogP contribution is 2.32. The molecule has 0 radical (unpaired) electrons. The molecule has 0 aliphatic carbocycles. The molecule has 0 amide bonds. The summed E-state index contributed by atoms with van der Waals surface area (Å²) in [5.74, 6) is 0. The van der Waals surface area contributed by atoms with Crippen molar-refractivity contribution >= 4 is 39.6 Å². The molecule has 136 valence electrons. The molecule has 11 nitrogen and oxygen atoms in total. The Morgan fingerprint density at radius 1 is 0.852 bits per heavy atom. The lowest BCUT2D eigenvalue weighted by Gasteiger charge is -2.14. The average Bonchev–Trinajstić information content (AvgIpc) is 2.67. The smallest absolute Gasteiger partial charge is 0.276 e. The maximum absolute atomic E-state index is 11.2. The molecule has 3 rings (SSSR count). The van der Waals surface area contributed by atoms with Crippen molar-refractivity contribution in [2.75, 3.05) is 0 Å². The summed E-state index contributed by atoms with van der Waals surface area (Å²) in [6.07, 6.45) is 0. The zero-order valence-corrected chi connectivity index (χ0v) is 14.1. The number of hydrogen-bond acceptors (Lipinski definition) is 9. The van der Waals surface area contributed by atoms with Gasteiger partial charge in [0.1, 0.15) is 5.04 Å². The van der Waals surface area contributed by atoms with Gasteiger partial charge in [-0.1, -0.05) is 11.8 Å². The van der Waals surface area contributed by atoms with Crippen LogP contribution < -0.4 is 5.43 Å². The van der Waals surface area contributed by atoms with E-state index in [0.29, 0.717) is 16.3 Å². The van der Waals surface area contributed by atoms with Gasteiger partial charge in [-0.2, -0.15) is 5.10 Å². The van der Waals surface area contributed by atoms with Crippen LogP contribution in [0.5, 0.6) is 0 Å². The Balaban J connectivity index is 1.85. The highest BCUT2D eigenvalue weighted by Gasteiger charge is 2.23. The van der Waals surface area contributed by atoms with Crippen molar-refractivity contribution in [3.05, 3.63) is 89.3 Å². The van der Waals surface area contributed by atoms with E-state index in [1.807, 2.05) is 0 Å². The largest absolute Gasteiger partial charge is 0.285 e. The standard InChI is InChI=1S/C15H9N5O6S/c21-18(22)10-3-1-9(2-4-10)15-17-16-13(8-27-15)12-6-5-11(19(23)24)7-14(12)20(25)26/h1-8,16H. The normalized spacial score (nSPS) is 13.2. The number of nitrogens with one attached hydrogen (secondary N) is 1. The fourth-order valence-corrected chi connectivity index (χ4v) is 3.05. The zero-order chi connectivity index (χ0) is 19.6. The van der Waals surface area contributed by atoms with Crippen LogP contribution in [0.1, 0.15) is 11.1 Å². The second-order valence-electron chi connectivity index (χ2n) is 5.20. The van der Waals surface area contributed by atoms with Gasteiger partial charge in [-0.25, -0.2) is 0 Å². The third kappa shape index (κ3) is 3.74. The molecule has 1 heterocycles. The maximum Gasteiger partial charge on any atom is 0.285 e. The quantitative estimate of drug-likeness (QED) is 0.604. The van der Waals surface area contributed by atoms with Gasteiger partial charge in [0.05, 0.1) is 32.1 Å². The summed E-state index contributed by atoms with van der Waals surface area (Å²) >= 11 is 1.16. The molecule has 2 aromatic rings. The van der Waals surface area contributed by atoms with Gasteiger partial charge < -0.3 is 0 Å². The minimum absolute atomic E-state index is 0.0501. The average molecular weight is 387 g/mol. The lowest BCUT2D eigenvalue weighted by Crippen LogP contribution is -2.13. The Morgan fingerprint density at radius 3 is 2.00 bits per heavy atom. The van der Waals surface area contributed by atoms with E-state index in [1.165, 1.54) is 24.3 Å². The van der Waals surface area contributed by atoms with Gasteiger partial charge in [-0.15, -0.1) is 0 Å². The number of nitro groups is 3. The lowest BCUT2D eigenvalue weighted by molar-refractivity contribution is -0.394. The molecule has 12 heteroatoms. The Bertz CT molecular complexity index is 1020. The van der Waals surface area contributed by atoms with Gasteiger partial charge in [-0.3, -0.25) is 35.8 Å². The molecule has 0 saturated carbocycles. The van der Waals surface area contributed by atoms with Crippen molar-refractivity contribution in [2.45, 2.75) is 0 Å². The minimum atomic E-state index is -0.709. The van der Waals surface area contributed by atoms with Crippen molar-refractivity contribution in [1.82, 2.24) is 5.43 Å². The monoisotopic (exact) mass is 387 g/mol. The van der Waals surface area contributed by atoms with Gasteiger partial charge in [0.15, 0.2) is 0 Å². The minimum Gasteiger partial charge on any atom is -0.276 e. The number of hydrogen-bond donors (Lipinski definition) is 1. The highest BCUT2D eigenvalue weighted by molar-refractivity contribution is 8.17. The zero-order valence-electron chi connectivity index (χ0n) is 13.3. The Labute approximate surface area is 154 Å². The van der Waals surface area contributed by atoms with Crippen LogP contribution in [-0.2, 0) is 0 Å². The van der Waals surface area contributed by atoms with E-state index >= 15 is 0 Å². The SMILES string of the molecule is O=[N+]([O-])c1ccc(C2=NNC(c3ccc([N+](=O)[O-])cc3[N+](=O)[O-])=CS2)cc1. The number of nitrogens with zero attached hydrogens (tertiary/aromatic N) is 4. The highest BCUT2D eigenvalue weighted by atomic mass is 32.2. The second-order valence-corrected chi connectivity index (χ2v) is 6.06. The van der Waals surface area contributed by atoms with Gasteiger partial charge in [0.2, 0.25) is 0 Å². The van der Waals surface area contributed by atoms with E-state index in [0.717, 1.165) is 17.8 Å². The third-order valence-electron chi connectivity index (χ3n) is 3.57. The Kier molecular flexibility index (Phi) is 4.81. The molecule has 1 aliphatic rings. The van der Waals surface area contributed by atoms with E-state index in [1.54, 1.807) is 17.5 Å². The Hall–Kier alpha value is -3.80. The summed E-state index contributed by atoms with van der Waals surface area (Å²) in [5.41, 5.74) is 2.93. The molecular formula is C15H9N5O6S. The topological polar surface area (TPSA) is 154 Å². The van der Waals surface area contributed by atoms with E-state index < -0.39 is 20.5 Å². The molecule has 0 bridgehead atoms. The molecule has 1 N–H and O–H groups in total. The molecule has 0 fully saturated rings. The van der Waals surface area contributed by atoms with Crippen LogP contribution in [-0.4, -0.2) is 19.8 Å². The van der Waals surface area contributed by atoms with Gasteiger partial charge in [0.25, 0.3) is 17.1 Å². The molecule has 0 unspecified atom stereocenters. The van der Waals surface area contributed by atoms with Crippen LogP contribution in [0.15, 0.2) is 53.0 Å². The molecule has 0 spiro atoms. The van der Waals surface area contributed by atoms with Crippen LogP contribution in [0.3, 0.4) is 0 Å². The number of benzene rings is 2. The van der Waals surface area contributed by atoms with Gasteiger partial charge in [-0.05, 0) is 18.2 Å². The predicted molar refractivity (Wildman–Crippen MR) is 98.1 cm³/mol. The first-order chi connectivity index (χ1) is 12.9. The van der Waals surface area contributed by atoms with Gasteiger partial charge >= 0.3 is 0 Å².